The Morgan fingerprint density at radius 1 is 1.46 bits per heavy atom. The summed E-state index contributed by atoms with van der Waals surface area (Å²) in [5.41, 5.74) is 0.500. The zero-order valence-electron chi connectivity index (χ0n) is 8.17. The van der Waals surface area contributed by atoms with E-state index in [0.29, 0.717) is 24.8 Å². The Labute approximate surface area is 78.5 Å². The fraction of sp³-hybridized carbons (Fsp3) is 0.600. The molecular formula is C10H16O3. The lowest BCUT2D eigenvalue weighted by molar-refractivity contribution is -0.142. The maximum absolute atomic E-state index is 11.1. The molecule has 0 saturated carbocycles. The first kappa shape index (κ1) is 11.9. The molecule has 0 aromatic rings. The molecule has 1 atom stereocenters. The van der Waals surface area contributed by atoms with Crippen molar-refractivity contribution in [1.29, 1.82) is 0 Å². The van der Waals surface area contributed by atoms with Gasteiger partial charge in [0.1, 0.15) is 0 Å². The zero-order valence-corrected chi connectivity index (χ0v) is 8.17. The Morgan fingerprint density at radius 3 is 2.31 bits per heavy atom. The van der Waals surface area contributed by atoms with Gasteiger partial charge in [0, 0.05) is 6.42 Å². The fourth-order valence-electron chi connectivity index (χ4n) is 1.02. The zero-order chi connectivity index (χ0) is 10.4. The third-order valence-electron chi connectivity index (χ3n) is 2.04. The highest BCUT2D eigenvalue weighted by Crippen LogP contribution is 2.12. The average molecular weight is 184 g/mol. The summed E-state index contributed by atoms with van der Waals surface area (Å²) >= 11 is 0. The fourth-order valence-corrected chi connectivity index (χ4v) is 1.02. The van der Waals surface area contributed by atoms with E-state index in [4.69, 9.17) is 5.11 Å². The van der Waals surface area contributed by atoms with Gasteiger partial charge in [-0.1, -0.05) is 13.5 Å². The van der Waals surface area contributed by atoms with Crippen molar-refractivity contribution in [2.75, 3.05) is 0 Å². The van der Waals surface area contributed by atoms with Crippen LogP contribution in [0.1, 0.15) is 33.1 Å². The van der Waals surface area contributed by atoms with Gasteiger partial charge in [-0.3, -0.25) is 9.59 Å². The number of hydrogen-bond acceptors (Lipinski definition) is 2. The molecule has 0 rings (SSSR count). The molecule has 0 aliphatic rings. The molecule has 0 bridgehead atoms. The molecular weight excluding hydrogens is 168 g/mol. The molecule has 0 spiro atoms. The largest absolute Gasteiger partial charge is 0.481 e. The van der Waals surface area contributed by atoms with Gasteiger partial charge >= 0.3 is 5.97 Å². The Bertz CT molecular complexity index is 218. The lowest BCUT2D eigenvalue weighted by atomic mass is 9.97. The van der Waals surface area contributed by atoms with E-state index in [0.717, 1.165) is 0 Å². The number of hydrogen-bond donors (Lipinski definition) is 1. The van der Waals surface area contributed by atoms with Crippen LogP contribution >= 0.6 is 0 Å². The van der Waals surface area contributed by atoms with Gasteiger partial charge in [-0.2, -0.15) is 0 Å². The monoisotopic (exact) mass is 184 g/mol. The summed E-state index contributed by atoms with van der Waals surface area (Å²) in [5, 5.41) is 8.69. The highest BCUT2D eigenvalue weighted by molar-refractivity contribution is 5.94. The van der Waals surface area contributed by atoms with Gasteiger partial charge in [-0.05, 0) is 25.3 Å². The molecule has 1 N–H and O–H groups in total. The molecule has 0 aromatic carbocycles. The molecule has 74 valence electrons. The normalized spacial score (nSPS) is 12.2. The number of allylic oxidation sites excluding steroid dienone is 1. The van der Waals surface area contributed by atoms with Crippen molar-refractivity contribution in [3.05, 3.63) is 12.2 Å². The third-order valence-corrected chi connectivity index (χ3v) is 2.04. The van der Waals surface area contributed by atoms with Crippen LogP contribution in [0.25, 0.3) is 0 Å². The second kappa shape index (κ2) is 5.51. The first-order chi connectivity index (χ1) is 5.99. The van der Waals surface area contributed by atoms with Crippen LogP contribution < -0.4 is 0 Å². The van der Waals surface area contributed by atoms with E-state index in [1.807, 2.05) is 6.92 Å². The van der Waals surface area contributed by atoms with Gasteiger partial charge in [-0.25, -0.2) is 0 Å². The topological polar surface area (TPSA) is 54.4 Å². The predicted molar refractivity (Wildman–Crippen MR) is 50.5 cm³/mol. The van der Waals surface area contributed by atoms with Crippen molar-refractivity contribution in [3.63, 3.8) is 0 Å². The van der Waals surface area contributed by atoms with Crippen LogP contribution in [-0.4, -0.2) is 16.9 Å². The average Bonchev–Trinajstić information content (AvgIpc) is 2.04. The minimum absolute atomic E-state index is 0.0419. The number of ketones is 1. The molecule has 1 unspecified atom stereocenters. The lowest BCUT2D eigenvalue weighted by Crippen LogP contribution is -2.14. The minimum atomic E-state index is -0.822. The van der Waals surface area contributed by atoms with E-state index in [2.05, 4.69) is 6.58 Å². The van der Waals surface area contributed by atoms with Crippen molar-refractivity contribution in [2.24, 2.45) is 5.92 Å². The van der Waals surface area contributed by atoms with Gasteiger partial charge < -0.3 is 5.11 Å². The molecule has 0 aromatic heterocycles. The summed E-state index contributed by atoms with van der Waals surface area (Å²) in [6.45, 7) is 6.96. The first-order valence-corrected chi connectivity index (χ1v) is 4.40. The van der Waals surface area contributed by atoms with Gasteiger partial charge in [0.05, 0.1) is 5.92 Å². The molecule has 0 fully saturated rings. The standard InChI is InChI=1S/C10H16O3/c1-4-8(10(12)13)5-6-9(11)7(2)3/h8H,2,4-6H2,1,3H3,(H,12,13). The second-order valence-corrected chi connectivity index (χ2v) is 3.19. The Kier molecular flexibility index (Phi) is 5.04. The van der Waals surface area contributed by atoms with Crippen molar-refractivity contribution in [2.45, 2.75) is 33.1 Å². The van der Waals surface area contributed by atoms with Crippen LogP contribution in [-0.2, 0) is 9.59 Å². The van der Waals surface area contributed by atoms with Crippen LogP contribution in [0, 0.1) is 5.92 Å². The molecule has 3 nitrogen and oxygen atoms in total. The van der Waals surface area contributed by atoms with Crippen LogP contribution in [0.4, 0.5) is 0 Å². The van der Waals surface area contributed by atoms with E-state index in [-0.39, 0.29) is 5.78 Å². The van der Waals surface area contributed by atoms with E-state index in [9.17, 15) is 9.59 Å². The van der Waals surface area contributed by atoms with Gasteiger partial charge in [-0.15, -0.1) is 0 Å². The van der Waals surface area contributed by atoms with Crippen LogP contribution in [0.2, 0.25) is 0 Å². The van der Waals surface area contributed by atoms with Crippen molar-refractivity contribution < 1.29 is 14.7 Å². The number of carbonyl (C=O) groups is 2. The number of rotatable bonds is 6. The first-order valence-electron chi connectivity index (χ1n) is 4.40. The van der Waals surface area contributed by atoms with Crippen molar-refractivity contribution >= 4 is 11.8 Å². The highest BCUT2D eigenvalue weighted by atomic mass is 16.4. The Hall–Kier alpha value is -1.12. The summed E-state index contributed by atoms with van der Waals surface area (Å²) in [6.07, 6.45) is 1.27. The molecule has 0 heterocycles. The predicted octanol–water partition coefficient (Wildman–Crippen LogP) is 2.02. The second-order valence-electron chi connectivity index (χ2n) is 3.19. The molecule has 0 aliphatic heterocycles. The molecule has 0 amide bonds. The smallest absolute Gasteiger partial charge is 0.306 e. The maximum atomic E-state index is 11.1. The van der Waals surface area contributed by atoms with Gasteiger partial charge in [0.25, 0.3) is 0 Å². The SMILES string of the molecule is C=C(C)C(=O)CCC(CC)C(=O)O. The summed E-state index contributed by atoms with van der Waals surface area (Å²) in [5.74, 6) is -1.26. The summed E-state index contributed by atoms with van der Waals surface area (Å²) < 4.78 is 0. The quantitative estimate of drug-likeness (QED) is 0.642. The van der Waals surface area contributed by atoms with Crippen molar-refractivity contribution in [3.8, 4) is 0 Å². The van der Waals surface area contributed by atoms with Crippen LogP contribution in [0.15, 0.2) is 12.2 Å². The number of carbonyl (C=O) groups excluding carboxylic acids is 1. The van der Waals surface area contributed by atoms with Gasteiger partial charge in [0.2, 0.25) is 0 Å². The Morgan fingerprint density at radius 2 is 2.00 bits per heavy atom. The van der Waals surface area contributed by atoms with Crippen LogP contribution in [0.5, 0.6) is 0 Å². The molecule has 0 saturated heterocycles. The molecule has 0 radical (unpaired) electrons. The summed E-state index contributed by atoms with van der Waals surface area (Å²) in [4.78, 5) is 21.7. The van der Waals surface area contributed by atoms with Crippen LogP contribution in [0.3, 0.4) is 0 Å². The summed E-state index contributed by atoms with van der Waals surface area (Å²) in [6, 6.07) is 0. The van der Waals surface area contributed by atoms with Crippen molar-refractivity contribution in [1.82, 2.24) is 0 Å². The lowest BCUT2D eigenvalue weighted by Gasteiger charge is -2.07. The highest BCUT2D eigenvalue weighted by Gasteiger charge is 2.16. The third kappa shape index (κ3) is 4.45. The molecule has 13 heavy (non-hydrogen) atoms. The minimum Gasteiger partial charge on any atom is -0.481 e. The number of carboxylic acids is 1. The number of Topliss-reactive ketones (excluding diaryl/α,β-unsaturated/α-hetero) is 1. The Balaban J connectivity index is 3.92. The van der Waals surface area contributed by atoms with E-state index < -0.39 is 11.9 Å². The maximum Gasteiger partial charge on any atom is 0.306 e. The number of carboxylic acid groups (broad SMARTS) is 1. The number of aliphatic carboxylic acids is 1. The van der Waals surface area contributed by atoms with E-state index >= 15 is 0 Å². The van der Waals surface area contributed by atoms with E-state index in [1.54, 1.807) is 6.92 Å². The summed E-state index contributed by atoms with van der Waals surface area (Å²) in [7, 11) is 0. The molecule has 3 heteroatoms. The van der Waals surface area contributed by atoms with E-state index in [1.165, 1.54) is 0 Å². The van der Waals surface area contributed by atoms with Gasteiger partial charge in [0.15, 0.2) is 5.78 Å². The molecule has 0 aliphatic carbocycles.